The first-order valence-electron chi connectivity index (χ1n) is 6.63. The van der Waals surface area contributed by atoms with Gasteiger partial charge in [0.05, 0.1) is 5.69 Å². The van der Waals surface area contributed by atoms with E-state index in [1.807, 2.05) is 4.57 Å². The molecule has 3 rings (SSSR count). The molecular weight excluding hydrogens is 224 g/mol. The molecule has 0 spiro atoms. The zero-order chi connectivity index (χ0) is 12.2. The Labute approximate surface area is 107 Å². The fourth-order valence-corrected chi connectivity index (χ4v) is 2.57. The molecule has 2 aromatic rings. The fraction of sp³-hybridized carbons (Fsp3) is 0.429. The van der Waals surface area contributed by atoms with Crippen LogP contribution in [0.5, 0.6) is 0 Å². The molecule has 94 valence electrons. The lowest BCUT2D eigenvalue weighted by atomic mass is 9.95. The van der Waals surface area contributed by atoms with E-state index < -0.39 is 0 Å². The van der Waals surface area contributed by atoms with Gasteiger partial charge in [0.15, 0.2) is 0 Å². The number of nitrogens with zero attached hydrogens (tertiary/aromatic N) is 3. The van der Waals surface area contributed by atoms with Crippen LogP contribution in [0.25, 0.3) is 5.69 Å². The molecule has 1 aromatic carbocycles. The number of rotatable bonds is 3. The van der Waals surface area contributed by atoms with E-state index in [4.69, 9.17) is 0 Å². The van der Waals surface area contributed by atoms with Gasteiger partial charge >= 0.3 is 0 Å². The van der Waals surface area contributed by atoms with E-state index in [1.165, 1.54) is 37.8 Å². The third kappa shape index (κ3) is 2.53. The molecule has 1 aliphatic carbocycles. The molecule has 1 aromatic heterocycles. The predicted molar refractivity (Wildman–Crippen MR) is 71.9 cm³/mol. The Balaban J connectivity index is 1.74. The SMILES string of the molecule is c1cc(NC2CCCCC2)cc(-n2cnnc2)c1. The molecule has 0 saturated heterocycles. The monoisotopic (exact) mass is 242 g/mol. The summed E-state index contributed by atoms with van der Waals surface area (Å²) in [5.74, 6) is 0. The highest BCUT2D eigenvalue weighted by Gasteiger charge is 2.12. The summed E-state index contributed by atoms with van der Waals surface area (Å²) in [6.45, 7) is 0. The Kier molecular flexibility index (Phi) is 3.26. The van der Waals surface area contributed by atoms with Crippen LogP contribution in [-0.2, 0) is 0 Å². The molecule has 1 N–H and O–H groups in total. The number of hydrogen-bond acceptors (Lipinski definition) is 3. The van der Waals surface area contributed by atoms with Crippen molar-refractivity contribution in [3.05, 3.63) is 36.9 Å². The standard InChI is InChI=1S/C14H18N4/c1-2-5-12(6-3-1)17-13-7-4-8-14(9-13)18-10-15-16-11-18/h4,7-12,17H,1-3,5-6H2. The number of nitrogens with one attached hydrogen (secondary N) is 1. The third-order valence-electron chi connectivity index (χ3n) is 3.54. The highest BCUT2D eigenvalue weighted by Crippen LogP contribution is 2.22. The zero-order valence-electron chi connectivity index (χ0n) is 10.4. The summed E-state index contributed by atoms with van der Waals surface area (Å²) in [6, 6.07) is 9.05. The maximum atomic E-state index is 3.84. The van der Waals surface area contributed by atoms with Crippen LogP contribution in [-0.4, -0.2) is 20.8 Å². The first-order chi connectivity index (χ1) is 8.92. The van der Waals surface area contributed by atoms with Gasteiger partial charge < -0.3 is 5.32 Å². The van der Waals surface area contributed by atoms with E-state index >= 15 is 0 Å². The highest BCUT2D eigenvalue weighted by molar-refractivity contribution is 5.51. The van der Waals surface area contributed by atoms with Crippen LogP contribution in [0.4, 0.5) is 5.69 Å². The molecule has 0 aliphatic heterocycles. The average Bonchev–Trinajstić information content (AvgIpc) is 2.94. The van der Waals surface area contributed by atoms with Crippen LogP contribution in [0.3, 0.4) is 0 Å². The van der Waals surface area contributed by atoms with E-state index in [1.54, 1.807) is 12.7 Å². The number of hydrogen-bond donors (Lipinski definition) is 1. The van der Waals surface area contributed by atoms with Crippen LogP contribution in [0.2, 0.25) is 0 Å². The summed E-state index contributed by atoms with van der Waals surface area (Å²) in [5.41, 5.74) is 2.29. The molecular formula is C14H18N4. The smallest absolute Gasteiger partial charge is 0.123 e. The zero-order valence-corrected chi connectivity index (χ0v) is 10.4. The molecule has 1 saturated carbocycles. The molecule has 0 unspecified atom stereocenters. The Hall–Kier alpha value is -1.84. The van der Waals surface area contributed by atoms with Crippen LogP contribution >= 0.6 is 0 Å². The second-order valence-corrected chi connectivity index (χ2v) is 4.90. The summed E-state index contributed by atoms with van der Waals surface area (Å²) in [5, 5.41) is 11.3. The summed E-state index contributed by atoms with van der Waals surface area (Å²) in [7, 11) is 0. The molecule has 0 atom stereocenters. The normalized spacial score (nSPS) is 16.7. The van der Waals surface area contributed by atoms with Crippen LogP contribution in [0.1, 0.15) is 32.1 Å². The molecule has 0 radical (unpaired) electrons. The number of anilines is 1. The van der Waals surface area contributed by atoms with Gasteiger partial charge in [-0.1, -0.05) is 25.3 Å². The first-order valence-corrected chi connectivity index (χ1v) is 6.63. The molecule has 1 heterocycles. The number of benzene rings is 1. The van der Waals surface area contributed by atoms with Crippen molar-refractivity contribution in [1.29, 1.82) is 0 Å². The summed E-state index contributed by atoms with van der Waals surface area (Å²) >= 11 is 0. The van der Waals surface area contributed by atoms with Crippen LogP contribution < -0.4 is 5.32 Å². The van der Waals surface area contributed by atoms with E-state index in [-0.39, 0.29) is 0 Å². The summed E-state index contributed by atoms with van der Waals surface area (Å²) < 4.78 is 1.92. The van der Waals surface area contributed by atoms with Gasteiger partial charge in [-0.05, 0) is 31.0 Å². The van der Waals surface area contributed by atoms with Gasteiger partial charge in [0.25, 0.3) is 0 Å². The second-order valence-electron chi connectivity index (χ2n) is 4.90. The highest BCUT2D eigenvalue weighted by atomic mass is 15.2. The maximum absolute atomic E-state index is 3.84. The van der Waals surface area contributed by atoms with E-state index in [9.17, 15) is 0 Å². The Morgan fingerprint density at radius 1 is 1.06 bits per heavy atom. The van der Waals surface area contributed by atoms with E-state index in [0.29, 0.717) is 6.04 Å². The fourth-order valence-electron chi connectivity index (χ4n) is 2.57. The molecule has 0 bridgehead atoms. The van der Waals surface area contributed by atoms with Crippen molar-refractivity contribution >= 4 is 5.69 Å². The largest absolute Gasteiger partial charge is 0.382 e. The minimum absolute atomic E-state index is 0.634. The molecule has 1 fully saturated rings. The lowest BCUT2D eigenvalue weighted by Gasteiger charge is -2.24. The molecule has 1 aliphatic rings. The van der Waals surface area contributed by atoms with Gasteiger partial charge in [-0.15, -0.1) is 10.2 Å². The van der Waals surface area contributed by atoms with Crippen molar-refractivity contribution < 1.29 is 0 Å². The van der Waals surface area contributed by atoms with Gasteiger partial charge in [0.2, 0.25) is 0 Å². The quantitative estimate of drug-likeness (QED) is 0.899. The van der Waals surface area contributed by atoms with Crippen molar-refractivity contribution in [2.45, 2.75) is 38.1 Å². The van der Waals surface area contributed by atoms with Gasteiger partial charge in [0, 0.05) is 11.7 Å². The lowest BCUT2D eigenvalue weighted by Crippen LogP contribution is -2.22. The Morgan fingerprint density at radius 2 is 1.83 bits per heavy atom. The van der Waals surface area contributed by atoms with Gasteiger partial charge in [0.1, 0.15) is 12.7 Å². The predicted octanol–water partition coefficient (Wildman–Crippen LogP) is 3.01. The van der Waals surface area contributed by atoms with Crippen molar-refractivity contribution in [2.75, 3.05) is 5.32 Å². The maximum Gasteiger partial charge on any atom is 0.123 e. The Bertz CT molecular complexity index is 486. The van der Waals surface area contributed by atoms with Crippen LogP contribution in [0, 0.1) is 0 Å². The van der Waals surface area contributed by atoms with E-state index in [0.717, 1.165) is 5.69 Å². The van der Waals surface area contributed by atoms with Gasteiger partial charge in [-0.25, -0.2) is 0 Å². The molecule has 18 heavy (non-hydrogen) atoms. The lowest BCUT2D eigenvalue weighted by molar-refractivity contribution is 0.463. The van der Waals surface area contributed by atoms with Gasteiger partial charge in [-0.3, -0.25) is 4.57 Å². The van der Waals surface area contributed by atoms with Crippen molar-refractivity contribution in [3.63, 3.8) is 0 Å². The minimum atomic E-state index is 0.634. The average molecular weight is 242 g/mol. The molecule has 0 amide bonds. The first kappa shape index (κ1) is 11.3. The van der Waals surface area contributed by atoms with Crippen molar-refractivity contribution in [2.24, 2.45) is 0 Å². The Morgan fingerprint density at radius 3 is 2.61 bits per heavy atom. The van der Waals surface area contributed by atoms with Crippen molar-refractivity contribution in [3.8, 4) is 5.69 Å². The van der Waals surface area contributed by atoms with Crippen LogP contribution in [0.15, 0.2) is 36.9 Å². The molecule has 4 heteroatoms. The minimum Gasteiger partial charge on any atom is -0.382 e. The molecule has 4 nitrogen and oxygen atoms in total. The number of aromatic nitrogens is 3. The van der Waals surface area contributed by atoms with Gasteiger partial charge in [-0.2, -0.15) is 0 Å². The topological polar surface area (TPSA) is 42.7 Å². The summed E-state index contributed by atoms with van der Waals surface area (Å²) in [4.78, 5) is 0. The van der Waals surface area contributed by atoms with E-state index in [2.05, 4.69) is 39.8 Å². The third-order valence-corrected chi connectivity index (χ3v) is 3.54. The second kappa shape index (κ2) is 5.21. The van der Waals surface area contributed by atoms with Crippen molar-refractivity contribution in [1.82, 2.24) is 14.8 Å². The summed E-state index contributed by atoms with van der Waals surface area (Å²) in [6.07, 6.45) is 10.1.